The van der Waals surface area contributed by atoms with Crippen LogP contribution in [0.25, 0.3) is 0 Å². The summed E-state index contributed by atoms with van der Waals surface area (Å²) in [6.07, 6.45) is 7.90. The fourth-order valence-electron chi connectivity index (χ4n) is 2.66. The highest BCUT2D eigenvalue weighted by Gasteiger charge is 2.15. The lowest BCUT2D eigenvalue weighted by Crippen LogP contribution is -2.36. The number of rotatable bonds is 6. The van der Waals surface area contributed by atoms with Crippen LogP contribution in [0.15, 0.2) is 0 Å². The van der Waals surface area contributed by atoms with E-state index in [9.17, 15) is 0 Å². The highest BCUT2D eigenvalue weighted by Crippen LogP contribution is 2.24. The third kappa shape index (κ3) is 4.40. The van der Waals surface area contributed by atoms with Crippen LogP contribution in [0.5, 0.6) is 0 Å². The molecule has 0 bridgehead atoms. The van der Waals surface area contributed by atoms with Gasteiger partial charge in [0.25, 0.3) is 0 Å². The average molecular weight is 227 g/mol. The van der Waals surface area contributed by atoms with Gasteiger partial charge in [-0.05, 0) is 31.6 Å². The van der Waals surface area contributed by atoms with Crippen molar-refractivity contribution in [2.45, 2.75) is 44.6 Å². The molecule has 0 aromatic rings. The number of hydrogen-bond donors (Lipinski definition) is 1. The van der Waals surface area contributed by atoms with Gasteiger partial charge in [-0.1, -0.05) is 12.8 Å². The maximum Gasteiger partial charge on any atom is 0.0591 e. The predicted molar refractivity (Wildman–Crippen MR) is 64.6 cm³/mol. The van der Waals surface area contributed by atoms with Crippen LogP contribution in [0, 0.1) is 5.92 Å². The number of ether oxygens (including phenoxy) is 2. The summed E-state index contributed by atoms with van der Waals surface area (Å²) >= 11 is 0. The first kappa shape index (κ1) is 12.3. The van der Waals surface area contributed by atoms with Crippen LogP contribution in [-0.4, -0.2) is 39.0 Å². The molecule has 2 fully saturated rings. The maximum atomic E-state index is 5.71. The van der Waals surface area contributed by atoms with E-state index in [2.05, 4.69) is 5.32 Å². The van der Waals surface area contributed by atoms with E-state index in [0.717, 1.165) is 51.7 Å². The second kappa shape index (κ2) is 7.25. The Balaban J connectivity index is 1.42. The Kier molecular flexibility index (Phi) is 5.59. The Morgan fingerprint density at radius 1 is 1.06 bits per heavy atom. The van der Waals surface area contributed by atoms with Crippen molar-refractivity contribution >= 4 is 0 Å². The standard InChI is InChI=1S/C13H25NO2/c1-2-4-12(3-1)11-16-10-7-14-13-5-8-15-9-6-13/h12-14H,1-11H2. The largest absolute Gasteiger partial charge is 0.381 e. The van der Waals surface area contributed by atoms with Gasteiger partial charge in [0, 0.05) is 32.4 Å². The first-order chi connectivity index (χ1) is 7.95. The van der Waals surface area contributed by atoms with Crippen molar-refractivity contribution < 1.29 is 9.47 Å². The molecule has 1 aliphatic heterocycles. The van der Waals surface area contributed by atoms with E-state index in [-0.39, 0.29) is 0 Å². The Morgan fingerprint density at radius 2 is 1.81 bits per heavy atom. The van der Waals surface area contributed by atoms with E-state index in [1.54, 1.807) is 0 Å². The van der Waals surface area contributed by atoms with E-state index >= 15 is 0 Å². The molecule has 3 heteroatoms. The number of nitrogens with one attached hydrogen (secondary N) is 1. The smallest absolute Gasteiger partial charge is 0.0591 e. The molecule has 1 aliphatic carbocycles. The van der Waals surface area contributed by atoms with E-state index in [1.807, 2.05) is 0 Å². The Labute approximate surface area is 98.9 Å². The molecule has 0 amide bonds. The third-order valence-electron chi connectivity index (χ3n) is 3.73. The van der Waals surface area contributed by atoms with Gasteiger partial charge in [0.05, 0.1) is 6.61 Å². The van der Waals surface area contributed by atoms with Crippen LogP contribution in [0.2, 0.25) is 0 Å². The minimum Gasteiger partial charge on any atom is -0.381 e. The summed E-state index contributed by atoms with van der Waals surface area (Å²) < 4.78 is 11.0. The van der Waals surface area contributed by atoms with Crippen molar-refractivity contribution in [1.29, 1.82) is 0 Å². The van der Waals surface area contributed by atoms with E-state index < -0.39 is 0 Å². The molecule has 1 saturated carbocycles. The minimum atomic E-state index is 0.656. The predicted octanol–water partition coefficient (Wildman–Crippen LogP) is 1.96. The molecule has 1 saturated heterocycles. The van der Waals surface area contributed by atoms with Crippen molar-refractivity contribution in [1.82, 2.24) is 5.32 Å². The fourth-order valence-corrected chi connectivity index (χ4v) is 2.66. The monoisotopic (exact) mass is 227 g/mol. The molecule has 0 atom stereocenters. The van der Waals surface area contributed by atoms with Crippen LogP contribution < -0.4 is 5.32 Å². The molecule has 0 aromatic heterocycles. The summed E-state index contributed by atoms with van der Waals surface area (Å²) in [6.45, 7) is 4.68. The second-order valence-electron chi connectivity index (χ2n) is 5.07. The molecule has 2 aliphatic rings. The lowest BCUT2D eigenvalue weighted by molar-refractivity contribution is 0.0692. The molecule has 0 radical (unpaired) electrons. The molecule has 3 nitrogen and oxygen atoms in total. The topological polar surface area (TPSA) is 30.5 Å². The molecule has 16 heavy (non-hydrogen) atoms. The van der Waals surface area contributed by atoms with Crippen molar-refractivity contribution in [2.24, 2.45) is 5.92 Å². The fraction of sp³-hybridized carbons (Fsp3) is 1.00. The molecule has 1 heterocycles. The van der Waals surface area contributed by atoms with Gasteiger partial charge in [-0.2, -0.15) is 0 Å². The molecule has 1 N–H and O–H groups in total. The van der Waals surface area contributed by atoms with Crippen LogP contribution in [-0.2, 0) is 9.47 Å². The van der Waals surface area contributed by atoms with E-state index in [1.165, 1.54) is 25.7 Å². The zero-order chi connectivity index (χ0) is 11.1. The zero-order valence-electron chi connectivity index (χ0n) is 10.2. The summed E-state index contributed by atoms with van der Waals surface area (Å²) in [5.41, 5.74) is 0. The van der Waals surface area contributed by atoms with Gasteiger partial charge < -0.3 is 14.8 Å². The second-order valence-corrected chi connectivity index (χ2v) is 5.07. The van der Waals surface area contributed by atoms with E-state index in [4.69, 9.17) is 9.47 Å². The Bertz CT molecular complexity index is 175. The van der Waals surface area contributed by atoms with Gasteiger partial charge in [-0.15, -0.1) is 0 Å². The van der Waals surface area contributed by atoms with Crippen LogP contribution in [0.1, 0.15) is 38.5 Å². The lowest BCUT2D eigenvalue weighted by Gasteiger charge is -2.23. The summed E-state index contributed by atoms with van der Waals surface area (Å²) in [5, 5.41) is 3.54. The highest BCUT2D eigenvalue weighted by molar-refractivity contribution is 4.70. The van der Waals surface area contributed by atoms with Gasteiger partial charge in [-0.25, -0.2) is 0 Å². The first-order valence-electron chi connectivity index (χ1n) is 6.84. The normalized spacial score (nSPS) is 24.0. The molecule has 0 aromatic carbocycles. The van der Waals surface area contributed by atoms with Gasteiger partial charge in [0.1, 0.15) is 0 Å². The van der Waals surface area contributed by atoms with Crippen molar-refractivity contribution in [3.8, 4) is 0 Å². The Morgan fingerprint density at radius 3 is 2.56 bits per heavy atom. The molecular formula is C13H25NO2. The van der Waals surface area contributed by atoms with Crippen LogP contribution >= 0.6 is 0 Å². The maximum absolute atomic E-state index is 5.71. The van der Waals surface area contributed by atoms with Gasteiger partial charge >= 0.3 is 0 Å². The SMILES string of the molecule is C1CCC(COCCNC2CCOCC2)C1. The van der Waals surface area contributed by atoms with Gasteiger partial charge in [0.2, 0.25) is 0 Å². The van der Waals surface area contributed by atoms with Gasteiger partial charge in [0.15, 0.2) is 0 Å². The van der Waals surface area contributed by atoms with Crippen molar-refractivity contribution in [3.63, 3.8) is 0 Å². The summed E-state index contributed by atoms with van der Waals surface area (Å²) in [7, 11) is 0. The summed E-state index contributed by atoms with van der Waals surface area (Å²) in [4.78, 5) is 0. The first-order valence-corrected chi connectivity index (χ1v) is 6.84. The summed E-state index contributed by atoms with van der Waals surface area (Å²) in [6, 6.07) is 0.656. The number of hydrogen-bond acceptors (Lipinski definition) is 3. The Hall–Kier alpha value is -0.120. The summed E-state index contributed by atoms with van der Waals surface area (Å²) in [5.74, 6) is 0.850. The van der Waals surface area contributed by atoms with Crippen LogP contribution in [0.4, 0.5) is 0 Å². The molecule has 0 spiro atoms. The average Bonchev–Trinajstić information content (AvgIpc) is 2.83. The molecule has 94 valence electrons. The quantitative estimate of drug-likeness (QED) is 0.704. The minimum absolute atomic E-state index is 0.656. The molecular weight excluding hydrogens is 202 g/mol. The van der Waals surface area contributed by atoms with Crippen molar-refractivity contribution in [2.75, 3.05) is 33.0 Å². The van der Waals surface area contributed by atoms with Crippen molar-refractivity contribution in [3.05, 3.63) is 0 Å². The van der Waals surface area contributed by atoms with Crippen LogP contribution in [0.3, 0.4) is 0 Å². The lowest BCUT2D eigenvalue weighted by atomic mass is 10.1. The van der Waals surface area contributed by atoms with E-state index in [0.29, 0.717) is 6.04 Å². The third-order valence-corrected chi connectivity index (χ3v) is 3.73. The zero-order valence-corrected chi connectivity index (χ0v) is 10.2. The molecule has 2 rings (SSSR count). The molecule has 0 unspecified atom stereocenters. The van der Waals surface area contributed by atoms with Gasteiger partial charge in [-0.3, -0.25) is 0 Å². The highest BCUT2D eigenvalue weighted by atomic mass is 16.5.